The van der Waals surface area contributed by atoms with Crippen LogP contribution in [0.25, 0.3) is 67.6 Å². The van der Waals surface area contributed by atoms with Crippen molar-refractivity contribution in [3.05, 3.63) is 416 Å². The Bertz CT molecular complexity index is 6990. The highest BCUT2D eigenvalue weighted by atomic mass is 35.5. The Morgan fingerprint density at radius 2 is 0.680 bits per heavy atom. The largest absolute Gasteiger partial charge is 0.508 e. The van der Waals surface area contributed by atoms with Gasteiger partial charge in [-0.15, -0.1) is 0 Å². The predicted octanol–water partition coefficient (Wildman–Crippen LogP) is 19.3. The highest BCUT2D eigenvalue weighted by molar-refractivity contribution is 6.31. The lowest BCUT2D eigenvalue weighted by Gasteiger charge is -2.10. The Hall–Kier alpha value is -16.5. The lowest BCUT2D eigenvalue weighted by molar-refractivity contribution is -0.384. The Balaban J connectivity index is 0.000000118. The van der Waals surface area contributed by atoms with Gasteiger partial charge in [-0.05, 0) is 125 Å². The Morgan fingerprint density at radius 1 is 0.336 bits per heavy atom. The number of nitrogens with two attached hydrogens (primary N) is 1. The number of rotatable bonds is 21. The average molecular weight is 1690 g/mol. The number of hydrogen-bond donors (Lipinski definition) is 7. The number of fused-ring (bicyclic) bond motifs is 4. The van der Waals surface area contributed by atoms with Crippen molar-refractivity contribution in [2.45, 2.75) is 51.4 Å². The normalized spacial score (nSPS) is 11.2. The Kier molecular flexibility index (Phi) is 23.2. The van der Waals surface area contributed by atoms with E-state index in [9.17, 15) is 49.5 Å². The molecular formula is C96H73ClF2N14O12. The van der Waals surface area contributed by atoms with E-state index >= 15 is 0 Å². The summed E-state index contributed by atoms with van der Waals surface area (Å²) in [5, 5.41) is 75.0. The highest BCUT2D eigenvalue weighted by Gasteiger charge is 2.26. The van der Waals surface area contributed by atoms with Crippen LogP contribution >= 0.6 is 11.6 Å². The van der Waals surface area contributed by atoms with Gasteiger partial charge in [-0.1, -0.05) is 145 Å². The van der Waals surface area contributed by atoms with Crippen LogP contribution in [0.5, 0.6) is 35.0 Å². The third-order valence-corrected chi connectivity index (χ3v) is 20.7. The zero-order chi connectivity index (χ0) is 86.2. The molecule has 125 heavy (non-hydrogen) atoms. The fourth-order valence-corrected chi connectivity index (χ4v) is 14.7. The maximum atomic E-state index is 14.6. The van der Waals surface area contributed by atoms with Crippen molar-refractivity contribution in [2.75, 3.05) is 5.73 Å². The van der Waals surface area contributed by atoms with E-state index in [1.54, 1.807) is 111 Å². The number of nitro benzene ring substituents is 1. The number of nitrogens with zero attached hydrogens (tertiary/aromatic N) is 13. The molecule has 8 aromatic carbocycles. The van der Waals surface area contributed by atoms with Crippen molar-refractivity contribution in [2.24, 2.45) is 0 Å². The molecule has 0 bridgehead atoms. The van der Waals surface area contributed by atoms with E-state index < -0.39 is 16.6 Å². The van der Waals surface area contributed by atoms with Crippen molar-refractivity contribution in [3.8, 4) is 80.0 Å². The topological polar surface area (TPSA) is 364 Å². The number of aromatic hydroxyl groups is 6. The number of phenols is 2. The number of hydrogen-bond acceptors (Lipinski definition) is 21. The predicted molar refractivity (Wildman–Crippen MR) is 463 cm³/mol. The molecule has 12 aromatic heterocycles. The zero-order valence-electron chi connectivity index (χ0n) is 66.1. The summed E-state index contributed by atoms with van der Waals surface area (Å²) in [7, 11) is 0. The number of imidazole rings is 4. The van der Waals surface area contributed by atoms with Crippen molar-refractivity contribution in [3.63, 3.8) is 0 Å². The number of nitro groups is 1. The van der Waals surface area contributed by atoms with E-state index in [-0.39, 0.29) is 57.5 Å². The van der Waals surface area contributed by atoms with E-state index in [2.05, 4.69) is 24.9 Å². The van der Waals surface area contributed by atoms with Crippen LogP contribution in [0.15, 0.2) is 316 Å². The van der Waals surface area contributed by atoms with Crippen LogP contribution in [0.2, 0.25) is 5.02 Å². The van der Waals surface area contributed by atoms with Gasteiger partial charge in [0.15, 0.2) is 22.6 Å². The monoisotopic (exact) mass is 1690 g/mol. The second-order valence-corrected chi connectivity index (χ2v) is 29.6. The molecule has 0 aliphatic heterocycles. The van der Waals surface area contributed by atoms with Gasteiger partial charge in [-0.2, -0.15) is 0 Å². The minimum absolute atomic E-state index is 0.0141. The number of benzene rings is 8. The third kappa shape index (κ3) is 18.3. The van der Waals surface area contributed by atoms with Gasteiger partial charge in [0.1, 0.15) is 69.0 Å². The maximum Gasteiger partial charge on any atom is 0.270 e. The summed E-state index contributed by atoms with van der Waals surface area (Å²) in [6, 6.07) is 72.8. The lowest BCUT2D eigenvalue weighted by Crippen LogP contribution is -2.02. The molecule has 0 aliphatic rings. The number of nitrogen functional groups attached to an aromatic ring is 1. The van der Waals surface area contributed by atoms with Crippen LogP contribution in [0.3, 0.4) is 0 Å². The SMILES string of the molecule is Nc1ccc(F)c(-c2cn3c(O)c(Cc4ccco4)nc3c(Cc3ccccc3)n2)c1.O=[N+]([O-])c1cccc(-c2cn3c(O)c(Cc4ccco4)nc3c(Cc3ccccc3)n2)c1.Oc1cc(Cl)cc(-c2cn3c(O)c(Cc4ccco4)nc3c(Cc3ccccc3)n2)c1.Oc1ccc(F)c(-c2cn3c(O)c(Cc4ccco4)nc3c(Cc3ccccc3)n2)c1. The van der Waals surface area contributed by atoms with Crippen molar-refractivity contribution < 1.29 is 62.0 Å². The number of non-ortho nitro benzene ring substituents is 1. The zero-order valence-corrected chi connectivity index (χ0v) is 66.9. The molecule has 0 unspecified atom stereocenters. The van der Waals surface area contributed by atoms with Crippen LogP contribution in [-0.4, -0.2) is 93.0 Å². The molecule has 20 rings (SSSR count). The second kappa shape index (κ2) is 35.8. The summed E-state index contributed by atoms with van der Waals surface area (Å²) in [6.45, 7) is 0. The smallest absolute Gasteiger partial charge is 0.270 e. The van der Waals surface area contributed by atoms with E-state index in [4.69, 9.17) is 50.0 Å². The number of anilines is 1. The molecule has 0 radical (unpaired) electrons. The molecule has 620 valence electrons. The Labute approximate surface area is 714 Å². The first-order valence-corrected chi connectivity index (χ1v) is 39.6. The van der Waals surface area contributed by atoms with Crippen LogP contribution in [0, 0.1) is 21.7 Å². The minimum atomic E-state index is -0.522. The van der Waals surface area contributed by atoms with Gasteiger partial charge in [-0.25, -0.2) is 48.7 Å². The van der Waals surface area contributed by atoms with E-state index in [0.717, 1.165) is 22.3 Å². The Morgan fingerprint density at radius 3 is 1.03 bits per heavy atom. The third-order valence-electron chi connectivity index (χ3n) is 20.4. The summed E-state index contributed by atoms with van der Waals surface area (Å²) in [4.78, 5) is 48.3. The highest BCUT2D eigenvalue weighted by Crippen LogP contribution is 2.37. The summed E-state index contributed by atoms with van der Waals surface area (Å²) in [5.41, 5.74) is 20.2. The molecule has 0 fully saturated rings. The number of phenolic OH excluding ortho intramolecular Hbond substituents is 2. The average Bonchev–Trinajstić information content (AvgIpc) is 1.65. The van der Waals surface area contributed by atoms with Crippen molar-refractivity contribution in [1.82, 2.24) is 57.5 Å². The first kappa shape index (κ1) is 80.9. The minimum Gasteiger partial charge on any atom is -0.508 e. The van der Waals surface area contributed by atoms with Gasteiger partial charge in [0.2, 0.25) is 23.5 Å². The van der Waals surface area contributed by atoms with E-state index in [1.165, 1.54) is 65.2 Å². The molecule has 0 saturated carbocycles. The van der Waals surface area contributed by atoms with Crippen LogP contribution in [0.1, 0.15) is 90.8 Å². The number of furan rings is 4. The molecule has 8 N–H and O–H groups in total. The molecule has 12 heterocycles. The summed E-state index contributed by atoms with van der Waals surface area (Å²) in [5.74, 6) is 1.64. The molecule has 0 amide bonds. The molecule has 20 aromatic rings. The fourth-order valence-electron chi connectivity index (χ4n) is 14.5. The summed E-state index contributed by atoms with van der Waals surface area (Å²) < 4.78 is 56.9. The van der Waals surface area contributed by atoms with Gasteiger partial charge in [0.25, 0.3) is 5.69 Å². The van der Waals surface area contributed by atoms with Gasteiger partial charge in [0, 0.05) is 95.6 Å². The first-order chi connectivity index (χ1) is 60.8. The van der Waals surface area contributed by atoms with Gasteiger partial charge in [0.05, 0.1) is 101 Å². The molecule has 0 aliphatic carbocycles. The van der Waals surface area contributed by atoms with Crippen LogP contribution < -0.4 is 5.73 Å². The fraction of sp³-hybridized carbons (Fsp3) is 0.0833. The van der Waals surface area contributed by atoms with Gasteiger partial charge < -0.3 is 54.0 Å². The second-order valence-electron chi connectivity index (χ2n) is 29.2. The summed E-state index contributed by atoms with van der Waals surface area (Å²) >= 11 is 6.14. The van der Waals surface area contributed by atoms with Gasteiger partial charge in [-0.3, -0.25) is 27.7 Å². The molecular weight excluding hydrogens is 1610 g/mol. The standard InChI is InChI=1S/C24H18ClN3O3.C24H19FN4O2.C24H18FN3O3.C24H18N4O4/c25-17-10-16(11-18(29)12-17)22-14-28-23(20(26-22)9-15-5-2-1-3-6-15)27-21(24(28)30)13-19-7-4-8-31-19;25-19-9-8-16(26)12-18(19)22-14-29-23(20(27-22)11-15-5-2-1-3-6-15)28-21(24(29)30)13-17-7-4-10-31-17;25-19-9-8-16(29)12-18(19)22-14-28-23(20(26-22)11-15-5-2-1-3-6-15)27-21(24(28)30)13-17-7-4-10-31-17;29-24-21(14-19-10-5-11-32-19)26-23-20(12-16-6-2-1-3-7-16)25-22(15-27(23)24)17-8-4-9-18(13-17)28(30)31/h1-8,10-12,14,29-30H,9,13H2;1-10,12,14,30H,11,13,26H2;1-10,12,14,29-30H,11,13H2;1-11,13,15,29H,12,14H2. The molecule has 29 heteroatoms. The maximum absolute atomic E-state index is 14.6. The van der Waals surface area contributed by atoms with E-state index in [1.807, 2.05) is 140 Å². The molecule has 0 spiro atoms. The van der Waals surface area contributed by atoms with Gasteiger partial charge >= 0.3 is 0 Å². The van der Waals surface area contributed by atoms with Crippen molar-refractivity contribution >= 4 is 45.6 Å². The van der Waals surface area contributed by atoms with Crippen molar-refractivity contribution in [1.29, 1.82) is 0 Å². The van der Waals surface area contributed by atoms with E-state index in [0.29, 0.717) is 181 Å². The molecule has 0 atom stereocenters. The number of halogens is 3. The molecule has 26 nitrogen and oxygen atoms in total. The first-order valence-electron chi connectivity index (χ1n) is 39.2. The quantitative estimate of drug-likeness (QED) is 0.0200. The lowest BCUT2D eigenvalue weighted by atomic mass is 10.1. The van der Waals surface area contributed by atoms with Crippen LogP contribution in [0.4, 0.5) is 20.2 Å². The summed E-state index contributed by atoms with van der Waals surface area (Å²) in [6.07, 6.45) is 16.0. The number of aromatic nitrogens is 12. The van der Waals surface area contributed by atoms with Crippen LogP contribution in [-0.2, 0) is 51.4 Å². The molecule has 0 saturated heterocycles.